The van der Waals surface area contributed by atoms with Crippen molar-refractivity contribution in [2.24, 2.45) is 11.7 Å². The zero-order valence-corrected chi connectivity index (χ0v) is 38.1. The lowest BCUT2D eigenvalue weighted by Crippen LogP contribution is -2.54. The van der Waals surface area contributed by atoms with Crippen LogP contribution in [0.2, 0.25) is 0 Å². The molecule has 8 amide bonds. The molecule has 8 N–H and O–H groups in total. The first kappa shape index (κ1) is 50.8. The van der Waals surface area contributed by atoms with Crippen LogP contribution in [0.5, 0.6) is 0 Å². The maximum Gasteiger partial charge on any atom is 0.413 e. The molecule has 1 aliphatic heterocycles. The number of hydrogen-bond donors (Lipinski definition) is 7. The number of nitrogens with zero attached hydrogens (tertiary/aromatic N) is 4. The standard InChI is InChI=1S/C45H58N10O12/c1-6-65-24-32-51-38-39(54(32)25-45(4,5)64)29-11-7-8-12-30(29)49-40(38)53-44(63)66-23-27-16-18-28(19-17-27)48-41(60)31(13-10-22-47-43(46)62)50-42(61)37(26(2)3)52-33(56)14-9-15-36(59)67-55-34(57)20-21-35(55)58/h7-8,11-12,16-19,26,31,37,64H,6,9-10,13-15,20-25H2,1-5H3,(H,48,60)(H,50,61)(H,52,56)(H3,46,47,62)(H,49,53,63)/t31-,37?/m0/s1. The number of imide groups is 1. The van der Waals surface area contributed by atoms with E-state index in [-0.39, 0.29) is 77.1 Å². The molecule has 1 fully saturated rings. The van der Waals surface area contributed by atoms with Gasteiger partial charge >= 0.3 is 18.1 Å². The first-order valence-corrected chi connectivity index (χ1v) is 21.9. The first-order valence-electron chi connectivity index (χ1n) is 21.9. The second kappa shape index (κ2) is 23.3. The molecule has 0 aliphatic carbocycles. The van der Waals surface area contributed by atoms with Crippen molar-refractivity contribution < 1.29 is 57.8 Å². The fourth-order valence-electron chi connectivity index (χ4n) is 7.05. The predicted octanol–water partition coefficient (Wildman–Crippen LogP) is 3.43. The molecule has 0 bridgehead atoms. The molecule has 67 heavy (non-hydrogen) atoms. The molecule has 3 heterocycles. The molecule has 22 heteroatoms. The predicted molar refractivity (Wildman–Crippen MR) is 242 cm³/mol. The van der Waals surface area contributed by atoms with Crippen molar-refractivity contribution in [1.29, 1.82) is 0 Å². The number of hydrogen-bond acceptors (Lipinski definition) is 14. The smallest absolute Gasteiger partial charge is 0.413 e. The van der Waals surface area contributed by atoms with E-state index in [0.29, 0.717) is 45.3 Å². The van der Waals surface area contributed by atoms with E-state index in [1.54, 1.807) is 58.0 Å². The van der Waals surface area contributed by atoms with Crippen LogP contribution in [0, 0.1) is 5.92 Å². The van der Waals surface area contributed by atoms with Crippen molar-refractivity contribution in [2.75, 3.05) is 23.8 Å². The zero-order valence-electron chi connectivity index (χ0n) is 38.1. The van der Waals surface area contributed by atoms with Crippen molar-refractivity contribution in [1.82, 2.24) is 35.5 Å². The van der Waals surface area contributed by atoms with Gasteiger partial charge < -0.3 is 51.0 Å². The molecule has 360 valence electrons. The third kappa shape index (κ3) is 14.6. The molecule has 0 radical (unpaired) electrons. The summed E-state index contributed by atoms with van der Waals surface area (Å²) in [5, 5.41) is 25.2. The summed E-state index contributed by atoms with van der Waals surface area (Å²) in [6, 6.07) is 10.9. The normalized spacial score (nSPS) is 13.6. The number of fused-ring (bicyclic) bond motifs is 3. The fraction of sp³-hybridized carbons (Fsp3) is 0.467. The number of carbonyl (C=O) groups excluding carboxylic acids is 8. The van der Waals surface area contributed by atoms with Crippen molar-refractivity contribution in [3.05, 3.63) is 59.9 Å². The molecule has 2 aromatic carbocycles. The van der Waals surface area contributed by atoms with Crippen LogP contribution in [0.25, 0.3) is 21.9 Å². The largest absolute Gasteiger partial charge is 0.444 e. The SMILES string of the molecule is CCOCc1nc2c(NC(=O)OCc3ccc(NC(=O)[C@H](CCCNC(N)=O)NC(=O)C(NC(=O)CCCC(=O)ON4C(=O)CCC4=O)C(C)C)cc3)nc3ccccc3c2n1CC(C)(C)O. The number of hydroxylamine groups is 2. The van der Waals surface area contributed by atoms with Gasteiger partial charge in [0, 0.05) is 49.9 Å². The molecule has 5 rings (SSSR count). The molecule has 1 unspecified atom stereocenters. The van der Waals surface area contributed by atoms with E-state index in [4.69, 9.17) is 25.0 Å². The van der Waals surface area contributed by atoms with Gasteiger partial charge in [-0.25, -0.2) is 24.4 Å². The molecule has 0 spiro atoms. The number of amides is 8. The Hall–Kier alpha value is -7.20. The highest BCUT2D eigenvalue weighted by molar-refractivity contribution is 6.09. The Morgan fingerprint density at radius 3 is 2.24 bits per heavy atom. The summed E-state index contributed by atoms with van der Waals surface area (Å²) in [7, 11) is 0. The average molecular weight is 931 g/mol. The monoisotopic (exact) mass is 930 g/mol. The number of para-hydroxylation sites is 1. The van der Waals surface area contributed by atoms with Gasteiger partial charge in [0.25, 0.3) is 11.8 Å². The van der Waals surface area contributed by atoms with Gasteiger partial charge in [-0.15, -0.1) is 5.06 Å². The van der Waals surface area contributed by atoms with E-state index in [9.17, 15) is 43.5 Å². The lowest BCUT2D eigenvalue weighted by Gasteiger charge is -2.25. The van der Waals surface area contributed by atoms with Gasteiger partial charge in [0.1, 0.15) is 36.6 Å². The number of primary amides is 1. The quantitative estimate of drug-likeness (QED) is 0.0414. The van der Waals surface area contributed by atoms with Gasteiger partial charge in [-0.3, -0.25) is 29.3 Å². The summed E-state index contributed by atoms with van der Waals surface area (Å²) in [6.07, 6.45) is -1.03. The van der Waals surface area contributed by atoms with Gasteiger partial charge in [0.05, 0.1) is 23.2 Å². The summed E-state index contributed by atoms with van der Waals surface area (Å²) < 4.78 is 13.1. The number of ether oxygens (including phenoxy) is 2. The van der Waals surface area contributed by atoms with Gasteiger partial charge in [-0.05, 0) is 69.7 Å². The summed E-state index contributed by atoms with van der Waals surface area (Å²) in [5.74, 6) is -3.65. The van der Waals surface area contributed by atoms with Crippen LogP contribution < -0.4 is 32.3 Å². The number of imidazole rings is 1. The number of aromatic nitrogens is 3. The van der Waals surface area contributed by atoms with Crippen molar-refractivity contribution >= 4 is 81.1 Å². The number of anilines is 2. The minimum Gasteiger partial charge on any atom is -0.444 e. The van der Waals surface area contributed by atoms with E-state index < -0.39 is 71.2 Å². The summed E-state index contributed by atoms with van der Waals surface area (Å²) in [4.78, 5) is 114. The van der Waals surface area contributed by atoms with Crippen LogP contribution in [0.15, 0.2) is 48.5 Å². The van der Waals surface area contributed by atoms with E-state index in [2.05, 4.69) is 31.6 Å². The number of carbonyl (C=O) groups is 8. The van der Waals surface area contributed by atoms with Crippen LogP contribution in [-0.2, 0) is 62.8 Å². The Bertz CT molecular complexity index is 2450. The Morgan fingerprint density at radius 2 is 1.58 bits per heavy atom. The average Bonchev–Trinajstić information content (AvgIpc) is 3.78. The third-order valence-corrected chi connectivity index (χ3v) is 10.3. The van der Waals surface area contributed by atoms with Gasteiger partial charge in [0.2, 0.25) is 17.7 Å². The van der Waals surface area contributed by atoms with Crippen LogP contribution in [0.3, 0.4) is 0 Å². The number of nitrogens with two attached hydrogens (primary N) is 1. The maximum atomic E-state index is 13.6. The van der Waals surface area contributed by atoms with Crippen LogP contribution >= 0.6 is 0 Å². The third-order valence-electron chi connectivity index (χ3n) is 10.3. The van der Waals surface area contributed by atoms with Crippen molar-refractivity contribution in [2.45, 2.75) is 117 Å². The molecule has 1 saturated heterocycles. The van der Waals surface area contributed by atoms with E-state index in [0.717, 1.165) is 5.39 Å². The van der Waals surface area contributed by atoms with Gasteiger partial charge in [0.15, 0.2) is 5.82 Å². The highest BCUT2D eigenvalue weighted by Crippen LogP contribution is 2.32. The molecule has 22 nitrogen and oxygen atoms in total. The number of rotatable bonds is 23. The second-order valence-corrected chi connectivity index (χ2v) is 16.8. The maximum absolute atomic E-state index is 13.6. The summed E-state index contributed by atoms with van der Waals surface area (Å²) >= 11 is 0. The number of urea groups is 1. The summed E-state index contributed by atoms with van der Waals surface area (Å²) in [6.45, 7) is 9.40. The Morgan fingerprint density at radius 1 is 0.881 bits per heavy atom. The lowest BCUT2D eigenvalue weighted by molar-refractivity contribution is -0.197. The molecule has 4 aromatic rings. The topological polar surface area (TPSA) is 305 Å². The highest BCUT2D eigenvalue weighted by Gasteiger charge is 2.33. The number of benzene rings is 2. The molecule has 0 saturated carbocycles. The van der Waals surface area contributed by atoms with E-state index in [1.165, 1.54) is 0 Å². The van der Waals surface area contributed by atoms with E-state index in [1.807, 2.05) is 29.7 Å². The van der Waals surface area contributed by atoms with Gasteiger partial charge in [-0.2, -0.15) is 0 Å². The number of nitrogens with one attached hydrogen (secondary N) is 5. The fourth-order valence-corrected chi connectivity index (χ4v) is 7.05. The molecular formula is C45H58N10O12. The number of aliphatic hydroxyl groups is 1. The highest BCUT2D eigenvalue weighted by atomic mass is 16.7. The van der Waals surface area contributed by atoms with E-state index >= 15 is 0 Å². The van der Waals surface area contributed by atoms with Crippen LogP contribution in [0.4, 0.5) is 21.1 Å². The van der Waals surface area contributed by atoms with Crippen molar-refractivity contribution in [3.63, 3.8) is 0 Å². The number of pyridine rings is 1. The zero-order chi connectivity index (χ0) is 48.8. The molecule has 1 aliphatic rings. The Balaban J connectivity index is 1.19. The molecular weight excluding hydrogens is 873 g/mol. The first-order chi connectivity index (χ1) is 31.8. The van der Waals surface area contributed by atoms with Gasteiger partial charge in [-0.1, -0.05) is 44.2 Å². The van der Waals surface area contributed by atoms with Crippen molar-refractivity contribution in [3.8, 4) is 0 Å². The second-order valence-electron chi connectivity index (χ2n) is 16.8. The molecule has 2 aromatic heterocycles. The Kier molecular flexibility index (Phi) is 17.7. The minimum absolute atomic E-state index is 0.00420. The molecule has 2 atom stereocenters. The van der Waals surface area contributed by atoms with Crippen LogP contribution in [-0.4, -0.2) is 103 Å². The summed E-state index contributed by atoms with van der Waals surface area (Å²) in [5.41, 5.74) is 6.65. The van der Waals surface area contributed by atoms with Crippen LogP contribution in [0.1, 0.15) is 91.0 Å². The lowest BCUT2D eigenvalue weighted by atomic mass is 10.0. The Labute approximate surface area is 386 Å². The minimum atomic E-state index is -1.12.